The number of nitrogens with zero attached hydrogens (tertiary/aromatic N) is 2. The lowest BCUT2D eigenvalue weighted by Gasteiger charge is -2.03. The van der Waals surface area contributed by atoms with Crippen LogP contribution in [0.5, 0.6) is 0 Å². The SMILES string of the molecule is Fc1cc(C(F)(F)F)nnc1Cl. The van der Waals surface area contributed by atoms with E-state index < -0.39 is 22.8 Å². The Morgan fingerprint density at radius 3 is 2.25 bits per heavy atom. The lowest BCUT2D eigenvalue weighted by molar-refractivity contribution is -0.142. The van der Waals surface area contributed by atoms with E-state index in [1.54, 1.807) is 0 Å². The summed E-state index contributed by atoms with van der Waals surface area (Å²) < 4.78 is 47.7. The van der Waals surface area contributed by atoms with E-state index >= 15 is 0 Å². The highest BCUT2D eigenvalue weighted by Gasteiger charge is 2.33. The van der Waals surface area contributed by atoms with Gasteiger partial charge in [0.2, 0.25) is 0 Å². The molecule has 0 amide bonds. The van der Waals surface area contributed by atoms with Gasteiger partial charge in [0.1, 0.15) is 0 Å². The molecule has 1 aromatic heterocycles. The van der Waals surface area contributed by atoms with Gasteiger partial charge in [0.15, 0.2) is 16.7 Å². The molecule has 0 saturated heterocycles. The van der Waals surface area contributed by atoms with E-state index in [4.69, 9.17) is 11.6 Å². The Labute approximate surface area is 69.2 Å². The van der Waals surface area contributed by atoms with Crippen molar-refractivity contribution in [2.45, 2.75) is 6.18 Å². The normalized spacial score (nSPS) is 11.8. The van der Waals surface area contributed by atoms with E-state index in [9.17, 15) is 17.6 Å². The molecule has 1 aromatic rings. The first-order chi connectivity index (χ1) is 5.41. The van der Waals surface area contributed by atoms with Crippen molar-refractivity contribution < 1.29 is 17.6 Å². The Kier molecular flexibility index (Phi) is 2.18. The van der Waals surface area contributed by atoms with Gasteiger partial charge in [-0.3, -0.25) is 0 Å². The molecule has 0 aliphatic carbocycles. The molecule has 0 aliphatic heterocycles. The van der Waals surface area contributed by atoms with Gasteiger partial charge in [0, 0.05) is 6.07 Å². The van der Waals surface area contributed by atoms with E-state index in [0.29, 0.717) is 0 Å². The monoisotopic (exact) mass is 200 g/mol. The minimum absolute atomic E-state index is 0.190. The molecule has 0 atom stereocenters. The van der Waals surface area contributed by atoms with Crippen LogP contribution in [-0.4, -0.2) is 10.2 Å². The molecule has 0 N–H and O–H groups in total. The van der Waals surface area contributed by atoms with Crippen molar-refractivity contribution in [2.24, 2.45) is 0 Å². The molecule has 0 aromatic carbocycles. The van der Waals surface area contributed by atoms with Crippen LogP contribution in [0.2, 0.25) is 5.15 Å². The predicted octanol–water partition coefficient (Wildman–Crippen LogP) is 2.29. The van der Waals surface area contributed by atoms with Crippen LogP contribution in [0.25, 0.3) is 0 Å². The third-order valence-electron chi connectivity index (χ3n) is 0.996. The van der Waals surface area contributed by atoms with Crippen molar-refractivity contribution in [3.8, 4) is 0 Å². The van der Waals surface area contributed by atoms with Crippen molar-refractivity contribution in [1.82, 2.24) is 10.2 Å². The first-order valence-corrected chi connectivity index (χ1v) is 3.05. The zero-order chi connectivity index (χ0) is 9.35. The second kappa shape index (κ2) is 2.85. The molecule has 0 radical (unpaired) electrons. The molecule has 12 heavy (non-hydrogen) atoms. The zero-order valence-corrected chi connectivity index (χ0v) is 6.12. The molecular weight excluding hydrogens is 200 g/mol. The van der Waals surface area contributed by atoms with E-state index in [1.807, 2.05) is 0 Å². The van der Waals surface area contributed by atoms with Gasteiger partial charge in [-0.15, -0.1) is 10.2 Å². The maximum atomic E-state index is 12.4. The number of hydrogen-bond acceptors (Lipinski definition) is 2. The summed E-state index contributed by atoms with van der Waals surface area (Å²) in [4.78, 5) is 0. The van der Waals surface area contributed by atoms with Crippen molar-refractivity contribution in [3.05, 3.63) is 22.7 Å². The maximum absolute atomic E-state index is 12.4. The summed E-state index contributed by atoms with van der Waals surface area (Å²) in [7, 11) is 0. The molecule has 0 aliphatic rings. The molecule has 1 heterocycles. The summed E-state index contributed by atoms with van der Waals surface area (Å²) in [6.45, 7) is 0. The summed E-state index contributed by atoms with van der Waals surface area (Å²) >= 11 is 5.01. The molecule has 66 valence electrons. The summed E-state index contributed by atoms with van der Waals surface area (Å²) in [5.74, 6) is -1.24. The molecule has 0 spiro atoms. The second-order valence-electron chi connectivity index (χ2n) is 1.87. The minimum Gasteiger partial charge on any atom is -0.203 e. The highest BCUT2D eigenvalue weighted by Crippen LogP contribution is 2.28. The van der Waals surface area contributed by atoms with E-state index in [1.165, 1.54) is 0 Å². The van der Waals surface area contributed by atoms with Crippen molar-refractivity contribution in [1.29, 1.82) is 0 Å². The van der Waals surface area contributed by atoms with E-state index in [-0.39, 0.29) is 6.07 Å². The fraction of sp³-hybridized carbons (Fsp3) is 0.200. The third-order valence-corrected chi connectivity index (χ3v) is 1.25. The lowest BCUT2D eigenvalue weighted by Crippen LogP contribution is -2.09. The van der Waals surface area contributed by atoms with Crippen LogP contribution >= 0.6 is 11.6 Å². The molecule has 0 saturated carbocycles. The highest BCUT2D eigenvalue weighted by molar-refractivity contribution is 6.29. The first-order valence-electron chi connectivity index (χ1n) is 2.67. The fourth-order valence-corrected chi connectivity index (χ4v) is 0.585. The lowest BCUT2D eigenvalue weighted by atomic mass is 10.4. The fourth-order valence-electron chi connectivity index (χ4n) is 0.493. The van der Waals surface area contributed by atoms with Gasteiger partial charge in [-0.05, 0) is 0 Å². The molecule has 0 unspecified atom stereocenters. The Hall–Kier alpha value is -0.910. The molecule has 0 fully saturated rings. The van der Waals surface area contributed by atoms with Crippen LogP contribution in [0, 0.1) is 5.82 Å². The Bertz CT molecular complexity index is 298. The number of rotatable bonds is 0. The molecule has 1 rings (SSSR count). The van der Waals surface area contributed by atoms with E-state index in [2.05, 4.69) is 10.2 Å². The zero-order valence-electron chi connectivity index (χ0n) is 5.36. The Balaban J connectivity index is 3.14. The third kappa shape index (κ3) is 1.82. The summed E-state index contributed by atoms with van der Waals surface area (Å²) in [6, 6.07) is 0.190. The Morgan fingerprint density at radius 1 is 1.25 bits per heavy atom. The molecule has 2 nitrogen and oxygen atoms in total. The predicted molar refractivity (Wildman–Crippen MR) is 32.0 cm³/mol. The van der Waals surface area contributed by atoms with E-state index in [0.717, 1.165) is 0 Å². The molecule has 7 heteroatoms. The number of halogens is 5. The largest absolute Gasteiger partial charge is 0.435 e. The van der Waals surface area contributed by atoms with Crippen LogP contribution in [0.3, 0.4) is 0 Å². The van der Waals surface area contributed by atoms with Gasteiger partial charge in [-0.2, -0.15) is 13.2 Å². The van der Waals surface area contributed by atoms with Crippen LogP contribution in [0.4, 0.5) is 17.6 Å². The van der Waals surface area contributed by atoms with Gasteiger partial charge >= 0.3 is 6.18 Å². The average molecular weight is 201 g/mol. The first kappa shape index (κ1) is 9.18. The van der Waals surface area contributed by atoms with Gasteiger partial charge in [0.05, 0.1) is 0 Å². The summed E-state index contributed by atoms with van der Waals surface area (Å²) in [5.41, 5.74) is -1.40. The van der Waals surface area contributed by atoms with Gasteiger partial charge in [0.25, 0.3) is 0 Å². The van der Waals surface area contributed by atoms with Gasteiger partial charge in [-0.1, -0.05) is 11.6 Å². The summed E-state index contributed by atoms with van der Waals surface area (Å²) in [6.07, 6.45) is -4.70. The highest BCUT2D eigenvalue weighted by atomic mass is 35.5. The summed E-state index contributed by atoms with van der Waals surface area (Å²) in [5, 5.41) is 4.75. The number of aromatic nitrogens is 2. The maximum Gasteiger partial charge on any atom is 0.435 e. The minimum atomic E-state index is -4.70. The Morgan fingerprint density at radius 2 is 1.83 bits per heavy atom. The average Bonchev–Trinajstić information content (AvgIpc) is 1.92. The van der Waals surface area contributed by atoms with Crippen molar-refractivity contribution in [3.63, 3.8) is 0 Å². The molecular formula is C5HClF4N2. The van der Waals surface area contributed by atoms with Crippen molar-refractivity contribution >= 4 is 11.6 Å². The van der Waals surface area contributed by atoms with Crippen LogP contribution in [0.1, 0.15) is 5.69 Å². The van der Waals surface area contributed by atoms with Gasteiger partial charge < -0.3 is 0 Å². The number of alkyl halides is 3. The topological polar surface area (TPSA) is 25.8 Å². The second-order valence-corrected chi connectivity index (χ2v) is 2.22. The van der Waals surface area contributed by atoms with Crippen molar-refractivity contribution in [2.75, 3.05) is 0 Å². The van der Waals surface area contributed by atoms with Crippen LogP contribution in [-0.2, 0) is 6.18 Å². The van der Waals surface area contributed by atoms with Crippen LogP contribution in [0.15, 0.2) is 6.07 Å². The van der Waals surface area contributed by atoms with Gasteiger partial charge in [-0.25, -0.2) is 4.39 Å². The molecule has 0 bridgehead atoms. The number of hydrogen-bond donors (Lipinski definition) is 0. The quantitative estimate of drug-likeness (QED) is 0.601. The van der Waals surface area contributed by atoms with Crippen LogP contribution < -0.4 is 0 Å². The smallest absolute Gasteiger partial charge is 0.203 e. The standard InChI is InChI=1S/C5HClF4N2/c6-4-2(7)1-3(11-12-4)5(8,9)10/h1H.